The summed E-state index contributed by atoms with van der Waals surface area (Å²) >= 11 is 1.95. The van der Waals surface area contributed by atoms with Crippen LogP contribution in [0.4, 0.5) is 0 Å². The summed E-state index contributed by atoms with van der Waals surface area (Å²) in [7, 11) is 2.05. The first-order chi connectivity index (χ1) is 9.58. The molecule has 0 spiro atoms. The Morgan fingerprint density at radius 1 is 1.35 bits per heavy atom. The fourth-order valence-corrected chi connectivity index (χ4v) is 2.75. The van der Waals surface area contributed by atoms with Gasteiger partial charge in [0.05, 0.1) is 17.7 Å². The second kappa shape index (κ2) is 9.02. The summed E-state index contributed by atoms with van der Waals surface area (Å²) in [5.41, 5.74) is 1.49. The fourth-order valence-electron chi connectivity index (χ4n) is 1.96. The van der Waals surface area contributed by atoms with Crippen LogP contribution in [0.2, 0.25) is 0 Å². The van der Waals surface area contributed by atoms with Crippen LogP contribution < -0.4 is 0 Å². The minimum absolute atomic E-state index is 0.460. The Kier molecular flexibility index (Phi) is 7.68. The van der Waals surface area contributed by atoms with Gasteiger partial charge in [0.1, 0.15) is 0 Å². The molecule has 2 atom stereocenters. The summed E-state index contributed by atoms with van der Waals surface area (Å²) in [4.78, 5) is 2.19. The minimum Gasteiger partial charge on any atom is -0.387 e. The zero-order chi connectivity index (χ0) is 15.0. The first-order valence-corrected chi connectivity index (χ1v) is 8.20. The molecule has 0 aliphatic carbocycles. The topological polar surface area (TPSA) is 47.3 Å². The van der Waals surface area contributed by atoms with Crippen molar-refractivity contribution >= 4 is 11.8 Å². The zero-order valence-electron chi connectivity index (χ0n) is 12.5. The molecular formula is C16H24N2OS. The number of aliphatic hydroxyl groups excluding tert-OH is 1. The van der Waals surface area contributed by atoms with E-state index in [1.54, 1.807) is 12.1 Å². The molecular weight excluding hydrogens is 268 g/mol. The summed E-state index contributed by atoms with van der Waals surface area (Å²) in [6.45, 7) is 4.99. The number of aliphatic hydroxyl groups is 1. The van der Waals surface area contributed by atoms with Crippen LogP contribution in [0.1, 0.15) is 37.5 Å². The molecule has 1 aromatic carbocycles. The maximum Gasteiger partial charge on any atom is 0.0991 e. The third kappa shape index (κ3) is 5.54. The van der Waals surface area contributed by atoms with E-state index in [9.17, 15) is 5.11 Å². The van der Waals surface area contributed by atoms with Gasteiger partial charge in [-0.3, -0.25) is 0 Å². The fraction of sp³-hybridized carbons (Fsp3) is 0.562. The number of hydrogen-bond acceptors (Lipinski definition) is 4. The Morgan fingerprint density at radius 2 is 2.00 bits per heavy atom. The van der Waals surface area contributed by atoms with E-state index in [2.05, 4.69) is 24.8 Å². The number of benzene rings is 1. The molecule has 0 heterocycles. The lowest BCUT2D eigenvalue weighted by molar-refractivity contribution is 0.107. The van der Waals surface area contributed by atoms with E-state index in [0.717, 1.165) is 23.5 Å². The van der Waals surface area contributed by atoms with Crippen molar-refractivity contribution in [3.8, 4) is 6.07 Å². The van der Waals surface area contributed by atoms with E-state index in [4.69, 9.17) is 5.26 Å². The van der Waals surface area contributed by atoms with Gasteiger partial charge in [-0.15, -0.1) is 0 Å². The number of nitriles is 1. The third-order valence-electron chi connectivity index (χ3n) is 3.52. The van der Waals surface area contributed by atoms with Gasteiger partial charge in [0, 0.05) is 12.6 Å². The highest BCUT2D eigenvalue weighted by Crippen LogP contribution is 2.17. The van der Waals surface area contributed by atoms with Gasteiger partial charge in [0.15, 0.2) is 0 Å². The van der Waals surface area contributed by atoms with Crippen molar-refractivity contribution in [1.82, 2.24) is 4.90 Å². The van der Waals surface area contributed by atoms with E-state index in [1.165, 1.54) is 0 Å². The quantitative estimate of drug-likeness (QED) is 0.748. The Labute approximate surface area is 126 Å². The highest BCUT2D eigenvalue weighted by atomic mass is 32.2. The molecule has 1 N–H and O–H groups in total. The molecule has 1 aromatic rings. The molecule has 0 aliphatic rings. The lowest BCUT2D eigenvalue weighted by atomic mass is 10.1. The van der Waals surface area contributed by atoms with Crippen molar-refractivity contribution in [2.45, 2.75) is 32.4 Å². The van der Waals surface area contributed by atoms with Crippen molar-refractivity contribution in [3.63, 3.8) is 0 Å². The molecule has 110 valence electrons. The van der Waals surface area contributed by atoms with Crippen molar-refractivity contribution < 1.29 is 5.11 Å². The smallest absolute Gasteiger partial charge is 0.0991 e. The van der Waals surface area contributed by atoms with Gasteiger partial charge in [-0.25, -0.2) is 0 Å². The first kappa shape index (κ1) is 17.0. The van der Waals surface area contributed by atoms with E-state index in [1.807, 2.05) is 30.9 Å². The van der Waals surface area contributed by atoms with Crippen LogP contribution in [-0.4, -0.2) is 41.1 Å². The molecule has 3 nitrogen and oxygen atoms in total. The molecule has 4 heteroatoms. The number of likely N-dealkylation sites (N-methyl/N-ethyl adjacent to an activating group) is 1. The van der Waals surface area contributed by atoms with Crippen LogP contribution in [-0.2, 0) is 0 Å². The molecule has 0 aliphatic heterocycles. The van der Waals surface area contributed by atoms with Crippen molar-refractivity contribution in [2.24, 2.45) is 0 Å². The van der Waals surface area contributed by atoms with Crippen LogP contribution >= 0.6 is 11.8 Å². The van der Waals surface area contributed by atoms with E-state index in [-0.39, 0.29) is 0 Å². The van der Waals surface area contributed by atoms with Crippen LogP contribution in [0.5, 0.6) is 0 Å². The largest absolute Gasteiger partial charge is 0.387 e. The van der Waals surface area contributed by atoms with E-state index < -0.39 is 6.10 Å². The van der Waals surface area contributed by atoms with Crippen molar-refractivity contribution in [3.05, 3.63) is 35.4 Å². The molecule has 0 bridgehead atoms. The SMILES string of the molecule is CCSCCC(C)N(C)CC(O)c1ccc(C#N)cc1. The molecule has 0 fully saturated rings. The normalized spacial score (nSPS) is 14.0. The molecule has 0 radical (unpaired) electrons. The Morgan fingerprint density at radius 3 is 2.55 bits per heavy atom. The van der Waals surface area contributed by atoms with Crippen molar-refractivity contribution in [2.75, 3.05) is 25.1 Å². The highest BCUT2D eigenvalue weighted by molar-refractivity contribution is 7.99. The number of nitrogens with zero attached hydrogens (tertiary/aromatic N) is 2. The van der Waals surface area contributed by atoms with Crippen LogP contribution in [0.25, 0.3) is 0 Å². The predicted molar refractivity (Wildman–Crippen MR) is 85.8 cm³/mol. The Bertz CT molecular complexity index is 427. The second-order valence-electron chi connectivity index (χ2n) is 5.02. The molecule has 1 rings (SSSR count). The maximum absolute atomic E-state index is 10.2. The molecule has 2 unspecified atom stereocenters. The van der Waals surface area contributed by atoms with Gasteiger partial charge < -0.3 is 10.0 Å². The monoisotopic (exact) mass is 292 g/mol. The van der Waals surface area contributed by atoms with Gasteiger partial charge in [-0.05, 0) is 49.6 Å². The summed E-state index contributed by atoms with van der Waals surface area (Å²) in [5, 5.41) is 19.0. The molecule has 0 saturated heterocycles. The number of hydrogen-bond donors (Lipinski definition) is 1. The van der Waals surface area contributed by atoms with Crippen LogP contribution in [0.3, 0.4) is 0 Å². The first-order valence-electron chi connectivity index (χ1n) is 7.04. The standard InChI is InChI=1S/C16H24N2OS/c1-4-20-10-9-13(2)18(3)12-16(19)15-7-5-14(11-17)6-8-15/h5-8,13,16,19H,4,9-10,12H2,1-3H3. The van der Waals surface area contributed by atoms with Gasteiger partial charge in [-0.2, -0.15) is 17.0 Å². The lowest BCUT2D eigenvalue weighted by Gasteiger charge is -2.27. The minimum atomic E-state index is -0.506. The summed E-state index contributed by atoms with van der Waals surface area (Å²) in [6, 6.07) is 9.70. The maximum atomic E-state index is 10.2. The lowest BCUT2D eigenvalue weighted by Crippen LogP contribution is -2.33. The van der Waals surface area contributed by atoms with Gasteiger partial charge in [0.25, 0.3) is 0 Å². The molecule has 0 aromatic heterocycles. The van der Waals surface area contributed by atoms with Crippen LogP contribution in [0.15, 0.2) is 24.3 Å². The van der Waals surface area contributed by atoms with Crippen LogP contribution in [0, 0.1) is 11.3 Å². The average molecular weight is 292 g/mol. The summed E-state index contributed by atoms with van der Waals surface area (Å²) in [5.74, 6) is 2.32. The average Bonchev–Trinajstić information content (AvgIpc) is 2.47. The second-order valence-corrected chi connectivity index (χ2v) is 6.42. The molecule has 0 saturated carbocycles. The van der Waals surface area contributed by atoms with E-state index in [0.29, 0.717) is 18.2 Å². The summed E-state index contributed by atoms with van der Waals surface area (Å²) in [6.07, 6.45) is 0.628. The van der Waals surface area contributed by atoms with Gasteiger partial charge >= 0.3 is 0 Å². The third-order valence-corrected chi connectivity index (χ3v) is 4.45. The van der Waals surface area contributed by atoms with Gasteiger partial charge in [-0.1, -0.05) is 19.1 Å². The van der Waals surface area contributed by atoms with Gasteiger partial charge in [0.2, 0.25) is 0 Å². The molecule has 0 amide bonds. The predicted octanol–water partition coefficient (Wildman–Crippen LogP) is 3.06. The molecule has 20 heavy (non-hydrogen) atoms. The Balaban J connectivity index is 2.47. The van der Waals surface area contributed by atoms with Crippen molar-refractivity contribution in [1.29, 1.82) is 5.26 Å². The number of thioether (sulfide) groups is 1. The zero-order valence-corrected chi connectivity index (χ0v) is 13.4. The Hall–Kier alpha value is -1.02. The number of rotatable bonds is 8. The summed E-state index contributed by atoms with van der Waals surface area (Å²) < 4.78 is 0. The highest BCUT2D eigenvalue weighted by Gasteiger charge is 2.15. The van der Waals surface area contributed by atoms with E-state index >= 15 is 0 Å².